The van der Waals surface area contributed by atoms with Gasteiger partial charge in [0, 0.05) is 10.5 Å². The van der Waals surface area contributed by atoms with E-state index in [2.05, 4.69) is 4.98 Å². The highest BCUT2D eigenvalue weighted by atomic mass is 32.2. The maximum Gasteiger partial charge on any atom is 0.195 e. The van der Waals surface area contributed by atoms with Crippen LogP contribution >= 0.6 is 11.8 Å². The molecule has 0 unspecified atom stereocenters. The van der Waals surface area contributed by atoms with Crippen molar-refractivity contribution in [1.82, 2.24) is 4.98 Å². The Morgan fingerprint density at radius 2 is 1.50 bits per heavy atom. The minimum absolute atomic E-state index is 0.00729. The summed E-state index contributed by atoms with van der Waals surface area (Å²) in [5, 5.41) is 19.4. The molecule has 3 aromatic rings. The summed E-state index contributed by atoms with van der Waals surface area (Å²) < 4.78 is 0. The van der Waals surface area contributed by atoms with Gasteiger partial charge in [0.1, 0.15) is 28.5 Å². The van der Waals surface area contributed by atoms with Crippen molar-refractivity contribution in [3.8, 4) is 12.1 Å². The molecule has 5 nitrogen and oxygen atoms in total. The summed E-state index contributed by atoms with van der Waals surface area (Å²) >= 11 is 1.22. The smallest absolute Gasteiger partial charge is 0.195 e. The number of carbonyl (C=O) groups is 1. The van der Waals surface area contributed by atoms with E-state index >= 15 is 0 Å². The van der Waals surface area contributed by atoms with E-state index in [0.717, 1.165) is 4.90 Å². The SMILES string of the molecule is N#Cc1c(N)nc(Sc2ccccc2)c(C#N)c1C(=O)c1ccccc1. The average molecular weight is 356 g/mol. The number of nitrogens with two attached hydrogens (primary N) is 1. The number of benzene rings is 2. The fourth-order valence-electron chi connectivity index (χ4n) is 2.43. The van der Waals surface area contributed by atoms with Crippen LogP contribution in [0, 0.1) is 22.7 Å². The Hall–Kier alpha value is -3.61. The molecule has 0 bridgehead atoms. The second-order valence-electron chi connectivity index (χ2n) is 5.26. The summed E-state index contributed by atoms with van der Waals surface area (Å²) in [4.78, 5) is 18.0. The fourth-order valence-corrected chi connectivity index (χ4v) is 3.34. The predicted octanol–water partition coefficient (Wildman–Crippen LogP) is 3.79. The van der Waals surface area contributed by atoms with Crippen LogP contribution in [0.1, 0.15) is 27.0 Å². The van der Waals surface area contributed by atoms with Crippen molar-refractivity contribution in [3.05, 3.63) is 82.9 Å². The first kappa shape index (κ1) is 17.2. The van der Waals surface area contributed by atoms with Gasteiger partial charge in [0.05, 0.1) is 11.1 Å². The quantitative estimate of drug-likeness (QED) is 0.713. The molecule has 0 atom stereocenters. The first-order valence-corrected chi connectivity index (χ1v) is 8.43. The van der Waals surface area contributed by atoms with Crippen molar-refractivity contribution in [2.24, 2.45) is 0 Å². The monoisotopic (exact) mass is 356 g/mol. The number of nitrogen functional groups attached to an aromatic ring is 1. The molecule has 26 heavy (non-hydrogen) atoms. The van der Waals surface area contributed by atoms with Crippen molar-refractivity contribution in [2.75, 3.05) is 5.73 Å². The number of carbonyl (C=O) groups excluding carboxylic acids is 1. The second-order valence-corrected chi connectivity index (χ2v) is 6.32. The number of ketones is 1. The Bertz CT molecular complexity index is 1050. The first-order chi connectivity index (χ1) is 12.7. The molecule has 0 amide bonds. The van der Waals surface area contributed by atoms with Gasteiger partial charge in [-0.2, -0.15) is 10.5 Å². The molecular weight excluding hydrogens is 344 g/mol. The fraction of sp³-hybridized carbons (Fsp3) is 0. The van der Waals surface area contributed by atoms with Crippen molar-refractivity contribution < 1.29 is 4.79 Å². The molecule has 0 aliphatic carbocycles. The van der Waals surface area contributed by atoms with Crippen LogP contribution in [0.15, 0.2) is 70.6 Å². The third-order valence-electron chi connectivity index (χ3n) is 3.64. The number of anilines is 1. The molecule has 1 aromatic heterocycles. The zero-order chi connectivity index (χ0) is 18.5. The maximum absolute atomic E-state index is 13.0. The minimum atomic E-state index is -0.428. The average Bonchev–Trinajstić information content (AvgIpc) is 2.68. The molecule has 124 valence electrons. The number of aromatic nitrogens is 1. The number of hydrogen-bond acceptors (Lipinski definition) is 6. The Balaban J connectivity index is 2.21. The van der Waals surface area contributed by atoms with Gasteiger partial charge < -0.3 is 5.73 Å². The summed E-state index contributed by atoms with van der Waals surface area (Å²) in [5.74, 6) is -0.494. The molecular formula is C20H12N4OS. The van der Waals surface area contributed by atoms with Gasteiger partial charge in [-0.3, -0.25) is 4.79 Å². The van der Waals surface area contributed by atoms with Crippen molar-refractivity contribution >= 4 is 23.4 Å². The lowest BCUT2D eigenvalue weighted by atomic mass is 9.96. The summed E-state index contributed by atoms with van der Waals surface area (Å²) in [6.07, 6.45) is 0. The zero-order valence-corrected chi connectivity index (χ0v) is 14.3. The van der Waals surface area contributed by atoms with Crippen LogP contribution in [0.4, 0.5) is 5.82 Å². The molecule has 0 radical (unpaired) electrons. The van der Waals surface area contributed by atoms with Crippen molar-refractivity contribution in [2.45, 2.75) is 9.92 Å². The molecule has 2 N–H and O–H groups in total. The van der Waals surface area contributed by atoms with E-state index in [4.69, 9.17) is 5.73 Å². The number of pyridine rings is 1. The Labute approximate surface area is 154 Å². The van der Waals surface area contributed by atoms with Gasteiger partial charge in [0.25, 0.3) is 0 Å². The van der Waals surface area contributed by atoms with Crippen LogP contribution in [0.3, 0.4) is 0 Å². The third-order valence-corrected chi connectivity index (χ3v) is 4.63. The lowest BCUT2D eigenvalue weighted by Gasteiger charge is -2.12. The Morgan fingerprint density at radius 1 is 0.923 bits per heavy atom. The number of rotatable bonds is 4. The normalized spacial score (nSPS) is 9.92. The molecule has 6 heteroatoms. The Kier molecular flexibility index (Phi) is 4.98. The second kappa shape index (κ2) is 7.52. The van der Waals surface area contributed by atoms with Crippen molar-refractivity contribution in [3.63, 3.8) is 0 Å². The van der Waals surface area contributed by atoms with Crippen LogP contribution in [0.5, 0.6) is 0 Å². The summed E-state index contributed by atoms with van der Waals surface area (Å²) in [5.41, 5.74) is 6.26. The molecule has 0 fully saturated rings. The minimum Gasteiger partial charge on any atom is -0.383 e. The Morgan fingerprint density at radius 3 is 2.08 bits per heavy atom. The first-order valence-electron chi connectivity index (χ1n) is 7.62. The molecule has 0 saturated heterocycles. The maximum atomic E-state index is 13.0. The largest absolute Gasteiger partial charge is 0.383 e. The highest BCUT2D eigenvalue weighted by Gasteiger charge is 2.25. The van der Waals surface area contributed by atoms with E-state index in [0.29, 0.717) is 10.6 Å². The summed E-state index contributed by atoms with van der Waals surface area (Å²) in [7, 11) is 0. The van der Waals surface area contributed by atoms with Crippen LogP contribution in [0.2, 0.25) is 0 Å². The molecule has 0 aliphatic heterocycles. The topological polar surface area (TPSA) is 104 Å². The van der Waals surface area contributed by atoms with Gasteiger partial charge in [-0.25, -0.2) is 4.98 Å². The zero-order valence-electron chi connectivity index (χ0n) is 13.5. The molecule has 0 aliphatic rings. The highest BCUT2D eigenvalue weighted by Crippen LogP contribution is 2.34. The van der Waals surface area contributed by atoms with Crippen LogP contribution in [-0.4, -0.2) is 10.8 Å². The molecule has 3 rings (SSSR count). The van der Waals surface area contributed by atoms with E-state index in [1.54, 1.807) is 30.3 Å². The van der Waals surface area contributed by atoms with E-state index in [1.807, 2.05) is 42.5 Å². The predicted molar refractivity (Wildman–Crippen MR) is 98.5 cm³/mol. The lowest BCUT2D eigenvalue weighted by molar-refractivity contribution is 0.103. The van der Waals surface area contributed by atoms with Crippen LogP contribution in [0.25, 0.3) is 0 Å². The third kappa shape index (κ3) is 3.27. The molecule has 0 saturated carbocycles. The van der Waals surface area contributed by atoms with E-state index in [1.165, 1.54) is 11.8 Å². The van der Waals surface area contributed by atoms with E-state index in [9.17, 15) is 15.3 Å². The molecule has 1 heterocycles. The number of nitrogens with zero attached hydrogens (tertiary/aromatic N) is 3. The van der Waals surface area contributed by atoms with Crippen molar-refractivity contribution in [1.29, 1.82) is 10.5 Å². The van der Waals surface area contributed by atoms with Gasteiger partial charge in [0.15, 0.2) is 5.78 Å². The standard InChI is InChI=1S/C20H12N4OS/c21-11-15-17(18(25)13-7-3-1-4-8-13)16(12-22)20(24-19(15)23)26-14-9-5-2-6-10-14/h1-10H,(H2,23,24). The van der Waals surface area contributed by atoms with Crippen LogP contribution in [-0.2, 0) is 0 Å². The van der Waals surface area contributed by atoms with E-state index in [-0.39, 0.29) is 22.5 Å². The number of hydrogen-bond donors (Lipinski definition) is 1. The van der Waals surface area contributed by atoms with Gasteiger partial charge in [0.2, 0.25) is 0 Å². The number of nitriles is 2. The highest BCUT2D eigenvalue weighted by molar-refractivity contribution is 7.99. The van der Waals surface area contributed by atoms with Crippen LogP contribution < -0.4 is 5.73 Å². The van der Waals surface area contributed by atoms with Gasteiger partial charge in [-0.15, -0.1) is 0 Å². The lowest BCUT2D eigenvalue weighted by Crippen LogP contribution is -2.12. The van der Waals surface area contributed by atoms with Gasteiger partial charge >= 0.3 is 0 Å². The van der Waals surface area contributed by atoms with Gasteiger partial charge in [-0.05, 0) is 12.1 Å². The molecule has 0 spiro atoms. The van der Waals surface area contributed by atoms with Gasteiger partial charge in [-0.1, -0.05) is 60.3 Å². The molecule has 2 aromatic carbocycles. The van der Waals surface area contributed by atoms with E-state index < -0.39 is 5.78 Å². The summed E-state index contributed by atoms with van der Waals surface area (Å²) in [6, 6.07) is 21.7. The summed E-state index contributed by atoms with van der Waals surface area (Å²) in [6.45, 7) is 0.